The molecule has 0 radical (unpaired) electrons. The summed E-state index contributed by atoms with van der Waals surface area (Å²) in [6, 6.07) is 0. The summed E-state index contributed by atoms with van der Waals surface area (Å²) >= 11 is 7.68. The second-order valence-electron chi connectivity index (χ2n) is 4.45. The molecule has 0 saturated carbocycles. The van der Waals surface area contributed by atoms with Crippen molar-refractivity contribution in [3.8, 4) is 10.7 Å². The standard InChI is InChI=1S/C11H13ClN4O2S/c1-6(3-8(17)18)4-16-11(13-14-15-16)10-9(12)7(2)5-19-10/h5-6H,3-4H2,1-2H3,(H,17,18). The second kappa shape index (κ2) is 5.66. The third-order valence-corrected chi connectivity index (χ3v) is 4.33. The van der Waals surface area contributed by atoms with E-state index < -0.39 is 5.97 Å². The minimum absolute atomic E-state index is 0.0559. The highest BCUT2D eigenvalue weighted by atomic mass is 35.5. The Morgan fingerprint density at radius 3 is 2.95 bits per heavy atom. The predicted molar refractivity (Wildman–Crippen MR) is 72.3 cm³/mol. The summed E-state index contributed by atoms with van der Waals surface area (Å²) in [7, 11) is 0. The average Bonchev–Trinajstić information content (AvgIpc) is 2.87. The van der Waals surface area contributed by atoms with Crippen LogP contribution in [0.2, 0.25) is 5.02 Å². The van der Waals surface area contributed by atoms with Gasteiger partial charge in [-0.3, -0.25) is 4.79 Å². The van der Waals surface area contributed by atoms with Crippen LogP contribution in [-0.2, 0) is 11.3 Å². The van der Waals surface area contributed by atoms with Gasteiger partial charge < -0.3 is 5.11 Å². The number of rotatable bonds is 5. The molecule has 0 spiro atoms. The third-order valence-electron chi connectivity index (χ3n) is 2.64. The minimum atomic E-state index is -0.827. The number of hydrogen-bond acceptors (Lipinski definition) is 5. The van der Waals surface area contributed by atoms with Gasteiger partial charge in [-0.25, -0.2) is 4.68 Å². The van der Waals surface area contributed by atoms with E-state index in [1.54, 1.807) is 4.68 Å². The molecule has 1 unspecified atom stereocenters. The van der Waals surface area contributed by atoms with Gasteiger partial charge in [-0.15, -0.1) is 16.4 Å². The summed E-state index contributed by atoms with van der Waals surface area (Å²) in [5.74, 6) is -0.299. The smallest absolute Gasteiger partial charge is 0.303 e. The Morgan fingerprint density at radius 1 is 1.63 bits per heavy atom. The first-order valence-electron chi connectivity index (χ1n) is 5.71. The van der Waals surface area contributed by atoms with Crippen molar-refractivity contribution in [2.24, 2.45) is 5.92 Å². The van der Waals surface area contributed by atoms with Crippen LogP contribution >= 0.6 is 22.9 Å². The molecule has 0 saturated heterocycles. The van der Waals surface area contributed by atoms with Crippen molar-refractivity contribution in [2.45, 2.75) is 26.8 Å². The van der Waals surface area contributed by atoms with Crippen molar-refractivity contribution in [3.05, 3.63) is 16.0 Å². The monoisotopic (exact) mass is 300 g/mol. The summed E-state index contributed by atoms with van der Waals surface area (Å²) in [5, 5.41) is 22.9. The molecule has 19 heavy (non-hydrogen) atoms. The molecule has 0 aliphatic carbocycles. The zero-order valence-corrected chi connectivity index (χ0v) is 12.1. The first-order valence-corrected chi connectivity index (χ1v) is 6.96. The van der Waals surface area contributed by atoms with Crippen LogP contribution in [-0.4, -0.2) is 31.3 Å². The predicted octanol–water partition coefficient (Wildman–Crippen LogP) is 2.47. The molecule has 0 bridgehead atoms. The molecule has 2 aromatic rings. The maximum Gasteiger partial charge on any atom is 0.303 e. The van der Waals surface area contributed by atoms with E-state index in [0.717, 1.165) is 10.4 Å². The van der Waals surface area contributed by atoms with Gasteiger partial charge >= 0.3 is 5.97 Å². The van der Waals surface area contributed by atoms with Crippen LogP contribution in [0, 0.1) is 12.8 Å². The van der Waals surface area contributed by atoms with Gasteiger partial charge in [0.1, 0.15) is 0 Å². The number of tetrazole rings is 1. The molecular weight excluding hydrogens is 288 g/mol. The fourth-order valence-corrected chi connectivity index (χ4v) is 2.99. The van der Waals surface area contributed by atoms with Gasteiger partial charge in [-0.1, -0.05) is 18.5 Å². The highest BCUT2D eigenvalue weighted by Crippen LogP contribution is 2.35. The number of thiophene rings is 1. The van der Waals surface area contributed by atoms with Gasteiger partial charge in [-0.2, -0.15) is 0 Å². The lowest BCUT2D eigenvalue weighted by Crippen LogP contribution is -2.14. The van der Waals surface area contributed by atoms with Gasteiger partial charge in [0.25, 0.3) is 0 Å². The highest BCUT2D eigenvalue weighted by molar-refractivity contribution is 7.14. The SMILES string of the molecule is Cc1csc(-c2nnnn2CC(C)CC(=O)O)c1Cl. The number of nitrogens with zero attached hydrogens (tertiary/aromatic N) is 4. The van der Waals surface area contributed by atoms with Gasteiger partial charge in [-0.05, 0) is 34.2 Å². The molecule has 1 N–H and O–H groups in total. The van der Waals surface area contributed by atoms with Gasteiger partial charge in [0.2, 0.25) is 0 Å². The topological polar surface area (TPSA) is 80.9 Å². The largest absolute Gasteiger partial charge is 0.481 e. The Bertz CT molecular complexity index is 595. The van der Waals surface area contributed by atoms with Crippen LogP contribution in [0.1, 0.15) is 18.9 Å². The average molecular weight is 301 g/mol. The number of carboxylic acids is 1. The van der Waals surface area contributed by atoms with Crippen LogP contribution < -0.4 is 0 Å². The lowest BCUT2D eigenvalue weighted by atomic mass is 10.1. The molecule has 0 aliphatic rings. The van der Waals surface area contributed by atoms with E-state index in [9.17, 15) is 4.79 Å². The summed E-state index contributed by atoms with van der Waals surface area (Å²) in [4.78, 5) is 11.5. The van der Waals surface area contributed by atoms with Crippen molar-refractivity contribution < 1.29 is 9.90 Å². The molecule has 0 fully saturated rings. The summed E-state index contributed by atoms with van der Waals surface area (Å²) in [6.45, 7) is 4.21. The van der Waals surface area contributed by atoms with Crippen molar-refractivity contribution in [1.82, 2.24) is 20.2 Å². The van der Waals surface area contributed by atoms with Crippen LogP contribution in [0.15, 0.2) is 5.38 Å². The minimum Gasteiger partial charge on any atom is -0.481 e. The summed E-state index contributed by atoms with van der Waals surface area (Å²) in [5.41, 5.74) is 0.981. The van der Waals surface area contributed by atoms with E-state index >= 15 is 0 Å². The summed E-state index contributed by atoms with van der Waals surface area (Å²) in [6.07, 6.45) is 0.0799. The number of aromatic nitrogens is 4. The van der Waals surface area contributed by atoms with Gasteiger partial charge in [0.05, 0.1) is 9.90 Å². The molecule has 2 heterocycles. The van der Waals surface area contributed by atoms with Crippen LogP contribution in [0.5, 0.6) is 0 Å². The zero-order valence-electron chi connectivity index (χ0n) is 10.5. The van der Waals surface area contributed by atoms with Crippen molar-refractivity contribution in [2.75, 3.05) is 0 Å². The van der Waals surface area contributed by atoms with E-state index in [1.165, 1.54) is 11.3 Å². The molecule has 8 heteroatoms. The Balaban J connectivity index is 2.23. The van der Waals surface area contributed by atoms with Gasteiger partial charge in [0.15, 0.2) is 5.82 Å². The highest BCUT2D eigenvalue weighted by Gasteiger charge is 2.18. The number of carboxylic acid groups (broad SMARTS) is 1. The van der Waals surface area contributed by atoms with E-state index in [-0.39, 0.29) is 12.3 Å². The Morgan fingerprint density at radius 2 is 2.37 bits per heavy atom. The quantitative estimate of drug-likeness (QED) is 0.917. The lowest BCUT2D eigenvalue weighted by Gasteiger charge is -2.09. The van der Waals surface area contributed by atoms with Crippen molar-refractivity contribution in [1.29, 1.82) is 0 Å². The Hall–Kier alpha value is -1.47. The number of hydrogen-bond donors (Lipinski definition) is 1. The number of aryl methyl sites for hydroxylation is 1. The summed E-state index contributed by atoms with van der Waals surface area (Å²) < 4.78 is 1.60. The molecule has 0 aliphatic heterocycles. The first-order chi connectivity index (χ1) is 8.99. The number of aliphatic carboxylic acids is 1. The molecule has 6 nitrogen and oxygen atoms in total. The third kappa shape index (κ3) is 3.10. The maximum atomic E-state index is 10.7. The Labute approximate surface area is 119 Å². The molecule has 0 amide bonds. The fraction of sp³-hybridized carbons (Fsp3) is 0.455. The molecule has 2 aromatic heterocycles. The second-order valence-corrected chi connectivity index (χ2v) is 5.71. The molecule has 0 aromatic carbocycles. The normalized spacial score (nSPS) is 12.6. The van der Waals surface area contributed by atoms with E-state index in [2.05, 4.69) is 15.5 Å². The number of carbonyl (C=O) groups is 1. The van der Waals surface area contributed by atoms with Crippen LogP contribution in [0.3, 0.4) is 0 Å². The van der Waals surface area contributed by atoms with Crippen LogP contribution in [0.25, 0.3) is 10.7 Å². The van der Waals surface area contributed by atoms with Crippen molar-refractivity contribution in [3.63, 3.8) is 0 Å². The zero-order chi connectivity index (χ0) is 14.0. The first kappa shape index (κ1) is 14.0. The van der Waals surface area contributed by atoms with Crippen LogP contribution in [0.4, 0.5) is 0 Å². The molecule has 102 valence electrons. The fourth-order valence-electron chi connectivity index (χ4n) is 1.73. The van der Waals surface area contributed by atoms with E-state index in [1.807, 2.05) is 19.2 Å². The molecular formula is C11H13ClN4O2S. The maximum absolute atomic E-state index is 10.7. The lowest BCUT2D eigenvalue weighted by molar-refractivity contribution is -0.138. The Kier molecular flexibility index (Phi) is 4.16. The molecule has 2 rings (SSSR count). The van der Waals surface area contributed by atoms with Gasteiger partial charge in [0, 0.05) is 13.0 Å². The van der Waals surface area contributed by atoms with Crippen molar-refractivity contribution >= 4 is 28.9 Å². The number of halogens is 1. The van der Waals surface area contributed by atoms with E-state index in [0.29, 0.717) is 17.4 Å². The van der Waals surface area contributed by atoms with E-state index in [4.69, 9.17) is 16.7 Å². The molecule has 1 atom stereocenters.